The molecule has 0 amide bonds. The van der Waals surface area contributed by atoms with E-state index >= 15 is 0 Å². The third-order valence-corrected chi connectivity index (χ3v) is 6.79. The maximum absolute atomic E-state index is 12.9. The van der Waals surface area contributed by atoms with Crippen molar-refractivity contribution in [2.45, 2.75) is 76.0 Å². The van der Waals surface area contributed by atoms with E-state index in [-0.39, 0.29) is 0 Å². The van der Waals surface area contributed by atoms with E-state index in [1.54, 1.807) is 0 Å². The summed E-state index contributed by atoms with van der Waals surface area (Å²) in [7, 11) is -1.08. The second kappa shape index (κ2) is 8.39. The molecular weight excluding hydrogens is 340 g/mol. The zero-order chi connectivity index (χ0) is 18.7. The highest BCUT2D eigenvalue weighted by Gasteiger charge is 2.27. The monoisotopic (exact) mass is 370 g/mol. The van der Waals surface area contributed by atoms with Crippen molar-refractivity contribution in [1.82, 2.24) is 0 Å². The first kappa shape index (κ1) is 19.2. The molecule has 2 aromatic rings. The van der Waals surface area contributed by atoms with Gasteiger partial charge in [-0.1, -0.05) is 39.0 Å². The van der Waals surface area contributed by atoms with Crippen molar-refractivity contribution in [1.29, 1.82) is 0 Å². The van der Waals surface area contributed by atoms with Crippen LogP contribution in [0.15, 0.2) is 34.1 Å². The molecule has 1 aliphatic heterocycles. The van der Waals surface area contributed by atoms with Crippen LogP contribution in [0.4, 0.5) is 0 Å². The van der Waals surface area contributed by atoms with E-state index in [0.29, 0.717) is 0 Å². The van der Waals surface area contributed by atoms with Gasteiger partial charge in [0.1, 0.15) is 5.75 Å². The van der Waals surface area contributed by atoms with E-state index in [1.165, 1.54) is 43.2 Å². The minimum atomic E-state index is -1.08. The Labute approximate surface area is 160 Å². The number of aryl methyl sites for hydroxylation is 3. The highest BCUT2D eigenvalue weighted by Crippen LogP contribution is 2.44. The summed E-state index contributed by atoms with van der Waals surface area (Å²) in [4.78, 5) is 1.87. The minimum absolute atomic E-state index is 0.759. The zero-order valence-corrected chi connectivity index (χ0v) is 17.3. The molecule has 0 radical (unpaired) electrons. The Balaban J connectivity index is 1.73. The lowest BCUT2D eigenvalue weighted by Crippen LogP contribution is -2.00. The fourth-order valence-electron chi connectivity index (χ4n) is 3.52. The molecule has 0 aliphatic carbocycles. The van der Waals surface area contributed by atoms with Gasteiger partial charge in [0, 0.05) is 5.56 Å². The third-order valence-electron chi connectivity index (χ3n) is 5.32. The summed E-state index contributed by atoms with van der Waals surface area (Å²) in [5.74, 6) is 0.931. The molecule has 0 bridgehead atoms. The SMILES string of the molecule is CCCCCCCCOc1cc2c(cc1C)S(=O)c1cc(C)c(C)cc1-2. The van der Waals surface area contributed by atoms with Crippen LogP contribution in [0.3, 0.4) is 0 Å². The van der Waals surface area contributed by atoms with Crippen molar-refractivity contribution >= 4 is 10.8 Å². The molecule has 0 aromatic heterocycles. The second-order valence-corrected chi connectivity index (χ2v) is 8.85. The van der Waals surface area contributed by atoms with Crippen molar-refractivity contribution in [2.75, 3.05) is 6.61 Å². The summed E-state index contributed by atoms with van der Waals surface area (Å²) >= 11 is 0. The lowest BCUT2D eigenvalue weighted by molar-refractivity contribution is 0.302. The van der Waals surface area contributed by atoms with E-state index in [0.717, 1.165) is 45.3 Å². The van der Waals surface area contributed by atoms with Gasteiger partial charge in [0.15, 0.2) is 0 Å². The molecule has 0 saturated carbocycles. The predicted molar refractivity (Wildman–Crippen MR) is 110 cm³/mol. The lowest BCUT2D eigenvalue weighted by Gasteiger charge is -2.11. The smallest absolute Gasteiger partial charge is 0.122 e. The fraction of sp³-hybridized carbons (Fsp3) is 0.478. The van der Waals surface area contributed by atoms with Gasteiger partial charge < -0.3 is 4.74 Å². The second-order valence-electron chi connectivity index (χ2n) is 7.43. The molecule has 140 valence electrons. The van der Waals surface area contributed by atoms with Crippen molar-refractivity contribution in [3.8, 4) is 16.9 Å². The van der Waals surface area contributed by atoms with Crippen LogP contribution >= 0.6 is 0 Å². The van der Waals surface area contributed by atoms with Gasteiger partial charge in [-0.05, 0) is 73.7 Å². The zero-order valence-electron chi connectivity index (χ0n) is 16.5. The summed E-state index contributed by atoms with van der Waals surface area (Å²) in [6, 6.07) is 8.39. The Bertz CT molecular complexity index is 823. The standard InChI is InChI=1S/C23H30O2S/c1-5-6-7-8-9-10-11-25-21-15-20-19-12-16(2)17(3)13-22(19)26(24)23(20)14-18(21)4/h12-15H,5-11H2,1-4H3. The number of rotatable bonds is 8. The lowest BCUT2D eigenvalue weighted by atomic mass is 9.99. The Hall–Kier alpha value is -1.61. The van der Waals surface area contributed by atoms with E-state index in [2.05, 4.69) is 39.0 Å². The van der Waals surface area contributed by atoms with E-state index in [1.807, 2.05) is 13.0 Å². The van der Waals surface area contributed by atoms with E-state index < -0.39 is 10.8 Å². The van der Waals surface area contributed by atoms with E-state index in [4.69, 9.17) is 4.74 Å². The van der Waals surface area contributed by atoms with Crippen LogP contribution in [0.25, 0.3) is 11.1 Å². The van der Waals surface area contributed by atoms with Gasteiger partial charge in [-0.25, -0.2) is 4.21 Å². The van der Waals surface area contributed by atoms with Gasteiger partial charge in [0.2, 0.25) is 0 Å². The van der Waals surface area contributed by atoms with Crippen molar-refractivity contribution in [2.24, 2.45) is 0 Å². The molecule has 1 heterocycles. The van der Waals surface area contributed by atoms with Gasteiger partial charge in [0.25, 0.3) is 0 Å². The van der Waals surface area contributed by atoms with Crippen LogP contribution in [0, 0.1) is 20.8 Å². The maximum atomic E-state index is 12.9. The number of fused-ring (bicyclic) bond motifs is 3. The fourth-order valence-corrected chi connectivity index (χ4v) is 5.06. The third kappa shape index (κ3) is 3.88. The molecule has 0 spiro atoms. The van der Waals surface area contributed by atoms with Crippen molar-refractivity contribution < 1.29 is 8.95 Å². The summed E-state index contributed by atoms with van der Waals surface area (Å²) in [6.07, 6.45) is 7.57. The maximum Gasteiger partial charge on any atom is 0.122 e. The highest BCUT2D eigenvalue weighted by atomic mass is 32.2. The van der Waals surface area contributed by atoms with Gasteiger partial charge in [0.05, 0.1) is 27.2 Å². The Morgan fingerprint density at radius 1 is 0.769 bits per heavy atom. The summed E-state index contributed by atoms with van der Waals surface area (Å²) < 4.78 is 18.9. The quantitative estimate of drug-likeness (QED) is 0.423. The minimum Gasteiger partial charge on any atom is -0.493 e. The molecule has 0 saturated heterocycles. The largest absolute Gasteiger partial charge is 0.493 e. The van der Waals surface area contributed by atoms with Crippen LogP contribution < -0.4 is 4.74 Å². The number of hydrogen-bond acceptors (Lipinski definition) is 2. The number of benzene rings is 2. The molecule has 0 N–H and O–H groups in total. The van der Waals surface area contributed by atoms with Crippen LogP contribution in [-0.4, -0.2) is 10.8 Å². The Morgan fingerprint density at radius 3 is 2.08 bits per heavy atom. The average molecular weight is 371 g/mol. The van der Waals surface area contributed by atoms with Gasteiger partial charge >= 0.3 is 0 Å². The molecule has 0 fully saturated rings. The highest BCUT2D eigenvalue weighted by molar-refractivity contribution is 7.85. The number of hydrogen-bond donors (Lipinski definition) is 0. The Morgan fingerprint density at radius 2 is 1.35 bits per heavy atom. The molecule has 1 aliphatic rings. The number of ether oxygens (including phenoxy) is 1. The molecule has 2 aromatic carbocycles. The van der Waals surface area contributed by atoms with Crippen LogP contribution in [-0.2, 0) is 10.8 Å². The normalized spacial score (nSPS) is 15.0. The van der Waals surface area contributed by atoms with Crippen molar-refractivity contribution in [3.63, 3.8) is 0 Å². The first-order valence-electron chi connectivity index (χ1n) is 9.83. The molecule has 1 unspecified atom stereocenters. The Kier molecular flexibility index (Phi) is 6.18. The average Bonchev–Trinajstić information content (AvgIpc) is 2.86. The molecule has 2 nitrogen and oxygen atoms in total. The van der Waals surface area contributed by atoms with Crippen LogP contribution in [0.1, 0.15) is 62.1 Å². The van der Waals surface area contributed by atoms with Gasteiger partial charge in [-0.15, -0.1) is 0 Å². The van der Waals surface area contributed by atoms with Crippen molar-refractivity contribution in [3.05, 3.63) is 41.0 Å². The molecule has 3 rings (SSSR count). The topological polar surface area (TPSA) is 26.3 Å². The first-order chi connectivity index (χ1) is 12.5. The molecule has 1 atom stereocenters. The van der Waals surface area contributed by atoms with Gasteiger partial charge in [-0.3, -0.25) is 0 Å². The summed E-state index contributed by atoms with van der Waals surface area (Å²) in [6.45, 7) is 9.24. The van der Waals surface area contributed by atoms with E-state index in [9.17, 15) is 4.21 Å². The first-order valence-corrected chi connectivity index (χ1v) is 11.0. The van der Waals surface area contributed by atoms with Crippen LogP contribution in [0.2, 0.25) is 0 Å². The van der Waals surface area contributed by atoms with Gasteiger partial charge in [-0.2, -0.15) is 0 Å². The molecule has 26 heavy (non-hydrogen) atoms. The molecule has 3 heteroatoms. The number of unbranched alkanes of at least 4 members (excludes halogenated alkanes) is 5. The summed E-state index contributed by atoms with van der Waals surface area (Å²) in [5, 5.41) is 0. The van der Waals surface area contributed by atoms with Crippen LogP contribution in [0.5, 0.6) is 5.75 Å². The predicted octanol–water partition coefficient (Wildman–Crippen LogP) is 6.50. The summed E-state index contributed by atoms with van der Waals surface area (Å²) in [5.41, 5.74) is 5.69. The molecular formula is C23H30O2S.